The second kappa shape index (κ2) is 6.74. The second-order valence-electron chi connectivity index (χ2n) is 7.79. The van der Waals surface area contributed by atoms with Crippen LogP contribution < -0.4 is 0 Å². The zero-order chi connectivity index (χ0) is 16.3. The summed E-state index contributed by atoms with van der Waals surface area (Å²) in [5, 5.41) is 19.6. The summed E-state index contributed by atoms with van der Waals surface area (Å²) in [7, 11) is -2.16. The number of carbonyl (C=O) groups is 2. The van der Waals surface area contributed by atoms with Crippen LogP contribution >= 0.6 is 0 Å². The third kappa shape index (κ3) is 4.61. The molecule has 0 fully saturated rings. The molecule has 1 atom stereocenters. The molecule has 0 aromatic carbocycles. The van der Waals surface area contributed by atoms with E-state index in [2.05, 4.69) is 0 Å². The maximum atomic E-state index is 12.0. The van der Waals surface area contributed by atoms with Crippen LogP contribution in [0.25, 0.3) is 0 Å². The maximum absolute atomic E-state index is 12.0. The Morgan fingerprint density at radius 3 is 1.45 bits per heavy atom. The van der Waals surface area contributed by atoms with Crippen LogP contribution in [0.15, 0.2) is 0 Å². The number of aliphatic carboxylic acids is 2. The van der Waals surface area contributed by atoms with Gasteiger partial charge >= 0.3 is 11.9 Å². The predicted octanol–water partition coefficient (Wildman–Crippen LogP) is 3.94. The van der Waals surface area contributed by atoms with E-state index in [1.54, 1.807) is 0 Å². The Kier molecular flexibility index (Phi) is 6.46. The van der Waals surface area contributed by atoms with Crippen molar-refractivity contribution in [1.82, 2.24) is 0 Å². The summed E-state index contributed by atoms with van der Waals surface area (Å²) < 4.78 is 0. The number of rotatable bonds is 8. The molecule has 0 spiro atoms. The van der Waals surface area contributed by atoms with Crippen molar-refractivity contribution in [3.05, 3.63) is 0 Å². The van der Waals surface area contributed by atoms with Gasteiger partial charge in [0, 0.05) is 0 Å². The van der Waals surface area contributed by atoms with Gasteiger partial charge in [0.1, 0.15) is 0 Å². The predicted molar refractivity (Wildman–Crippen MR) is 83.7 cm³/mol. The van der Waals surface area contributed by atoms with E-state index in [1.165, 1.54) is 0 Å². The first-order valence-electron chi connectivity index (χ1n) is 7.30. The van der Waals surface area contributed by atoms with Gasteiger partial charge < -0.3 is 10.2 Å². The van der Waals surface area contributed by atoms with E-state index >= 15 is 0 Å². The molecule has 0 aromatic heterocycles. The normalized spacial score (nSPS) is 14.7. The van der Waals surface area contributed by atoms with E-state index in [0.29, 0.717) is 12.8 Å². The summed E-state index contributed by atoms with van der Waals surface area (Å²) in [5.41, 5.74) is -1.92. The van der Waals surface area contributed by atoms with Crippen LogP contribution in [0, 0.1) is 17.3 Å². The molecule has 2 N–H and O–H groups in total. The van der Waals surface area contributed by atoms with Gasteiger partial charge in [0.05, 0.1) is 19.0 Å². The molecule has 0 bridgehead atoms. The minimum atomic E-state index is -2.16. The number of carboxylic acids is 2. The largest absolute Gasteiger partial charge is 0.481 e. The van der Waals surface area contributed by atoms with Gasteiger partial charge in [-0.05, 0) is 24.7 Å². The Hall–Kier alpha value is -0.843. The van der Waals surface area contributed by atoms with E-state index in [1.807, 2.05) is 47.3 Å². The molecule has 1 unspecified atom stereocenters. The molecule has 0 saturated heterocycles. The van der Waals surface area contributed by atoms with E-state index < -0.39 is 31.0 Å². The quantitative estimate of drug-likeness (QED) is 0.666. The van der Waals surface area contributed by atoms with Crippen molar-refractivity contribution >= 4 is 20.0 Å². The Labute approximate surface area is 123 Å². The average molecular weight is 302 g/mol. The Morgan fingerprint density at radius 1 is 0.950 bits per heavy atom. The molecule has 0 aliphatic heterocycles. The van der Waals surface area contributed by atoms with Gasteiger partial charge in [-0.1, -0.05) is 47.3 Å². The molecule has 118 valence electrons. The summed E-state index contributed by atoms with van der Waals surface area (Å²) in [6, 6.07) is 0. The van der Waals surface area contributed by atoms with Crippen LogP contribution in [0.3, 0.4) is 0 Å². The van der Waals surface area contributed by atoms with Crippen LogP contribution in [0.4, 0.5) is 0 Å². The highest BCUT2D eigenvalue weighted by Gasteiger charge is 2.55. The highest BCUT2D eigenvalue weighted by molar-refractivity contribution is 6.80. The fraction of sp³-hybridized carbons (Fsp3) is 0.867. The lowest BCUT2D eigenvalue weighted by atomic mass is 9.71. The zero-order valence-corrected chi connectivity index (χ0v) is 14.9. The smallest absolute Gasteiger partial charge is 0.310 e. The van der Waals surface area contributed by atoms with Crippen LogP contribution in [0.5, 0.6) is 0 Å². The van der Waals surface area contributed by atoms with Gasteiger partial charge in [-0.15, -0.1) is 0 Å². The lowest BCUT2D eigenvalue weighted by Gasteiger charge is -2.43. The molecule has 20 heavy (non-hydrogen) atoms. The van der Waals surface area contributed by atoms with Gasteiger partial charge in [0.2, 0.25) is 0 Å². The molecule has 0 radical (unpaired) electrons. The van der Waals surface area contributed by atoms with Gasteiger partial charge in [-0.2, -0.15) is 0 Å². The van der Waals surface area contributed by atoms with Crippen molar-refractivity contribution in [1.29, 1.82) is 0 Å². The lowest BCUT2D eigenvalue weighted by Crippen LogP contribution is -2.50. The molecule has 4 nitrogen and oxygen atoms in total. The summed E-state index contributed by atoms with van der Waals surface area (Å²) >= 11 is 0. The van der Waals surface area contributed by atoms with E-state index in [4.69, 9.17) is 0 Å². The van der Waals surface area contributed by atoms with Crippen molar-refractivity contribution in [2.75, 3.05) is 0 Å². The van der Waals surface area contributed by atoms with Gasteiger partial charge in [0.25, 0.3) is 0 Å². The van der Waals surface area contributed by atoms with E-state index in [0.717, 1.165) is 0 Å². The molecule has 0 saturated carbocycles. The fourth-order valence-corrected chi connectivity index (χ4v) is 6.27. The number of hydrogen-bond acceptors (Lipinski definition) is 2. The molecule has 0 rings (SSSR count). The standard InChI is InChI=1S/C15H30O4Si/c1-10(2)8-15(14(18)19,9-11(3)4)12(13(16)17)20(5,6)7/h10-12H,8-9H2,1-7H3,(H,16,17)(H,18,19). The number of hydrogen-bond donors (Lipinski definition) is 2. The molecule has 0 amide bonds. The first kappa shape index (κ1) is 19.2. The molecule has 5 heteroatoms. The minimum absolute atomic E-state index is 0.156. The van der Waals surface area contributed by atoms with Crippen LogP contribution in [0.1, 0.15) is 40.5 Å². The summed E-state index contributed by atoms with van der Waals surface area (Å²) in [6.07, 6.45) is 0.837. The van der Waals surface area contributed by atoms with Gasteiger partial charge in [-0.25, -0.2) is 0 Å². The van der Waals surface area contributed by atoms with Crippen LogP contribution in [0.2, 0.25) is 25.2 Å². The topological polar surface area (TPSA) is 74.6 Å². The van der Waals surface area contributed by atoms with Crippen molar-refractivity contribution in [2.45, 2.75) is 65.7 Å². The van der Waals surface area contributed by atoms with Crippen LogP contribution in [-0.2, 0) is 9.59 Å². The molecule has 0 aliphatic rings. The van der Waals surface area contributed by atoms with Gasteiger partial charge in [0.15, 0.2) is 0 Å². The van der Waals surface area contributed by atoms with Crippen molar-refractivity contribution in [3.63, 3.8) is 0 Å². The highest BCUT2D eigenvalue weighted by atomic mass is 28.3. The first-order valence-corrected chi connectivity index (χ1v) is 10.9. The molecule has 0 aliphatic carbocycles. The molecule has 0 heterocycles. The van der Waals surface area contributed by atoms with Crippen molar-refractivity contribution < 1.29 is 19.8 Å². The SMILES string of the molecule is CC(C)CC(CC(C)C)(C(=O)O)C(C(=O)O)[Si](C)(C)C. The minimum Gasteiger partial charge on any atom is -0.481 e. The van der Waals surface area contributed by atoms with Crippen LogP contribution in [-0.4, -0.2) is 30.2 Å². The van der Waals surface area contributed by atoms with E-state index in [-0.39, 0.29) is 11.8 Å². The third-order valence-corrected chi connectivity index (χ3v) is 6.17. The lowest BCUT2D eigenvalue weighted by molar-refractivity contribution is -0.158. The summed E-state index contributed by atoms with van der Waals surface area (Å²) in [4.78, 5) is 23.9. The van der Waals surface area contributed by atoms with Gasteiger partial charge in [-0.3, -0.25) is 9.59 Å². The second-order valence-corrected chi connectivity index (χ2v) is 13.1. The van der Waals surface area contributed by atoms with Crippen molar-refractivity contribution in [2.24, 2.45) is 17.3 Å². The molecular weight excluding hydrogens is 272 g/mol. The zero-order valence-electron chi connectivity index (χ0n) is 13.9. The number of carboxylic acid groups (broad SMARTS) is 2. The third-order valence-electron chi connectivity index (χ3n) is 3.64. The summed E-state index contributed by atoms with van der Waals surface area (Å²) in [6.45, 7) is 13.7. The first-order chi connectivity index (χ1) is 8.84. The molecule has 0 aromatic rings. The summed E-state index contributed by atoms with van der Waals surface area (Å²) in [5.74, 6) is -1.59. The maximum Gasteiger partial charge on any atom is 0.310 e. The van der Waals surface area contributed by atoms with Crippen molar-refractivity contribution in [3.8, 4) is 0 Å². The fourth-order valence-electron chi connectivity index (χ4n) is 3.51. The highest BCUT2D eigenvalue weighted by Crippen LogP contribution is 2.49. The molecular formula is C15H30O4Si. The monoisotopic (exact) mass is 302 g/mol. The Bertz CT molecular complexity index is 345. The Morgan fingerprint density at radius 2 is 1.30 bits per heavy atom. The van der Waals surface area contributed by atoms with E-state index in [9.17, 15) is 19.8 Å². The Balaban J connectivity index is 6.01. The average Bonchev–Trinajstić information content (AvgIpc) is 2.10.